The van der Waals surface area contributed by atoms with Gasteiger partial charge in [0.05, 0.1) is 27.1 Å². The molecule has 182 valence electrons. The van der Waals surface area contributed by atoms with E-state index in [0.29, 0.717) is 10.4 Å². The Morgan fingerprint density at radius 3 is 2.74 bits per heavy atom. The van der Waals surface area contributed by atoms with Crippen molar-refractivity contribution in [2.24, 2.45) is 0 Å². The van der Waals surface area contributed by atoms with Gasteiger partial charge in [-0.1, -0.05) is 6.07 Å². The van der Waals surface area contributed by atoms with Crippen molar-refractivity contribution in [1.82, 2.24) is 9.88 Å². The minimum Gasteiger partial charge on any atom is -0.588 e. The van der Waals surface area contributed by atoms with Crippen molar-refractivity contribution in [3.8, 4) is 0 Å². The quantitative estimate of drug-likeness (QED) is 0.437. The fourth-order valence-corrected chi connectivity index (χ4v) is 5.68. The van der Waals surface area contributed by atoms with Gasteiger partial charge in [0.25, 0.3) is 5.91 Å². The smallest absolute Gasteiger partial charge is 0.256 e. The number of carbonyl (C=O) groups is 1. The molecule has 34 heavy (non-hydrogen) atoms. The van der Waals surface area contributed by atoms with Gasteiger partial charge in [-0.3, -0.25) is 4.79 Å². The van der Waals surface area contributed by atoms with E-state index in [1.54, 1.807) is 17.6 Å². The lowest BCUT2D eigenvalue weighted by atomic mass is 9.86. The lowest BCUT2D eigenvalue weighted by Gasteiger charge is -2.38. The number of nitrogens with zero attached hydrogens (tertiary/aromatic N) is 2. The van der Waals surface area contributed by atoms with Gasteiger partial charge in [0, 0.05) is 25.6 Å². The molecule has 4 rings (SSSR count). The minimum atomic E-state index is -2.86. The number of rotatable bonds is 7. The summed E-state index contributed by atoms with van der Waals surface area (Å²) in [5.74, 6) is -4.18. The Balaban J connectivity index is 1.39. The molecule has 3 aromatic rings. The van der Waals surface area contributed by atoms with Gasteiger partial charge in [-0.15, -0.1) is 11.3 Å². The number of hydrogen-bond donors (Lipinski definition) is 2. The zero-order chi connectivity index (χ0) is 24.5. The zero-order valence-corrected chi connectivity index (χ0v) is 20.0. The number of likely N-dealkylation sites (tertiary alicyclic amines) is 1. The van der Waals surface area contributed by atoms with Gasteiger partial charge in [-0.25, -0.2) is 22.9 Å². The molecule has 0 bridgehead atoms. The largest absolute Gasteiger partial charge is 0.588 e. The van der Waals surface area contributed by atoms with Crippen LogP contribution in [0.5, 0.6) is 0 Å². The maximum absolute atomic E-state index is 14.8. The van der Waals surface area contributed by atoms with Crippen molar-refractivity contribution in [2.45, 2.75) is 49.0 Å². The van der Waals surface area contributed by atoms with E-state index in [2.05, 4.69) is 9.71 Å². The fourth-order valence-electron chi connectivity index (χ4n) is 3.92. The highest BCUT2D eigenvalue weighted by molar-refractivity contribution is 7.93. The molecular formula is C23H24F3N3O3S2. The van der Waals surface area contributed by atoms with Gasteiger partial charge in [0.2, 0.25) is 10.8 Å². The summed E-state index contributed by atoms with van der Waals surface area (Å²) in [6.45, 7) is 1.10. The molecule has 6 nitrogen and oxygen atoms in total. The third-order valence-corrected chi connectivity index (χ3v) is 7.89. The summed E-state index contributed by atoms with van der Waals surface area (Å²) in [6.07, 6.45) is -0.188. The number of nitrogens with one attached hydrogen (secondary N) is 1. The number of fused-ring (bicyclic) bond motifs is 1. The number of alkyl halides is 2. The highest BCUT2D eigenvalue weighted by Gasteiger charge is 2.37. The molecule has 1 aliphatic rings. The second kappa shape index (κ2) is 9.73. The first-order valence-electron chi connectivity index (χ1n) is 10.7. The number of carbonyl (C=O) groups excluding carboxylic acids is 1. The Labute approximate surface area is 202 Å². The monoisotopic (exact) mass is 511 g/mol. The van der Waals surface area contributed by atoms with Gasteiger partial charge >= 0.3 is 0 Å². The van der Waals surface area contributed by atoms with Crippen LogP contribution in [0.3, 0.4) is 0 Å². The average molecular weight is 512 g/mol. The van der Waals surface area contributed by atoms with Crippen molar-refractivity contribution in [2.75, 3.05) is 17.8 Å². The van der Waals surface area contributed by atoms with Gasteiger partial charge in [-0.2, -0.15) is 0 Å². The Kier molecular flexibility index (Phi) is 7.09. The van der Waals surface area contributed by atoms with Crippen LogP contribution in [0.1, 0.15) is 43.0 Å². The molecule has 0 radical (unpaired) electrons. The molecule has 2 aromatic carbocycles. The molecule has 0 saturated carbocycles. The third kappa shape index (κ3) is 5.65. The SMILES string of the molecule is CC(F)(F)CCC1(O)CCN(C(=O)c2ccc(N[S+]([O-])c3cccc4scnc34)cc2F)CC1. The highest BCUT2D eigenvalue weighted by atomic mass is 32.2. The van der Waals surface area contributed by atoms with Crippen LogP contribution < -0.4 is 4.72 Å². The van der Waals surface area contributed by atoms with Crippen LogP contribution in [0.2, 0.25) is 0 Å². The molecule has 1 amide bonds. The van der Waals surface area contributed by atoms with Gasteiger partial charge in [0.1, 0.15) is 22.7 Å². The topological polar surface area (TPSA) is 88.5 Å². The third-order valence-electron chi connectivity index (χ3n) is 5.94. The predicted molar refractivity (Wildman–Crippen MR) is 126 cm³/mol. The van der Waals surface area contributed by atoms with E-state index >= 15 is 0 Å². The van der Waals surface area contributed by atoms with E-state index in [1.165, 1.54) is 28.4 Å². The summed E-state index contributed by atoms with van der Waals surface area (Å²) in [6, 6.07) is 9.21. The van der Waals surface area contributed by atoms with Gasteiger partial charge in [0.15, 0.2) is 0 Å². The average Bonchev–Trinajstić information content (AvgIpc) is 3.27. The maximum Gasteiger partial charge on any atom is 0.256 e. The van der Waals surface area contributed by atoms with E-state index in [1.807, 2.05) is 6.07 Å². The van der Waals surface area contributed by atoms with Crippen LogP contribution in [0.15, 0.2) is 46.8 Å². The van der Waals surface area contributed by atoms with Crippen molar-refractivity contribution >= 4 is 44.5 Å². The number of aromatic nitrogens is 1. The second-order valence-electron chi connectivity index (χ2n) is 8.61. The summed E-state index contributed by atoms with van der Waals surface area (Å²) in [7, 11) is 0. The second-order valence-corrected chi connectivity index (χ2v) is 10.7. The molecular weight excluding hydrogens is 487 g/mol. The van der Waals surface area contributed by atoms with E-state index in [0.717, 1.165) is 17.7 Å². The van der Waals surface area contributed by atoms with Crippen LogP contribution in [0, 0.1) is 5.82 Å². The summed E-state index contributed by atoms with van der Waals surface area (Å²) in [4.78, 5) is 18.9. The first-order valence-corrected chi connectivity index (χ1v) is 12.8. The number of thiazole rings is 1. The molecule has 0 spiro atoms. The maximum atomic E-state index is 14.8. The number of aliphatic hydroxyl groups is 1. The Morgan fingerprint density at radius 2 is 2.06 bits per heavy atom. The Morgan fingerprint density at radius 1 is 1.32 bits per heavy atom. The van der Waals surface area contributed by atoms with Gasteiger partial charge < -0.3 is 14.6 Å². The van der Waals surface area contributed by atoms with Crippen LogP contribution in [0.4, 0.5) is 18.9 Å². The Hall–Kier alpha value is -2.34. The molecule has 1 aliphatic heterocycles. The number of para-hydroxylation sites is 1. The standard InChI is InChI=1S/C23H24F3N3O3S2/c1-22(25,26)7-8-23(31)9-11-29(12-10-23)21(30)16-6-5-15(13-17(16)24)28-34(32)19-4-2-3-18-20(19)27-14-33-18/h2-6,13-14,28,31H,7-12H2,1H3. The van der Waals surface area contributed by atoms with Crippen LogP contribution in [-0.2, 0) is 11.4 Å². The lowest BCUT2D eigenvalue weighted by molar-refractivity contribution is -0.0571. The molecule has 1 fully saturated rings. The Bertz CT molecular complexity index is 1180. The molecule has 1 saturated heterocycles. The van der Waals surface area contributed by atoms with Crippen molar-refractivity contribution in [3.05, 3.63) is 53.3 Å². The first kappa shape index (κ1) is 24.8. The summed E-state index contributed by atoms with van der Waals surface area (Å²) >= 11 is -0.258. The first-order chi connectivity index (χ1) is 16.0. The fraction of sp³-hybridized carbons (Fsp3) is 0.391. The van der Waals surface area contributed by atoms with E-state index < -0.39 is 41.0 Å². The molecule has 1 aromatic heterocycles. The normalized spacial score (nSPS) is 17.1. The van der Waals surface area contributed by atoms with Gasteiger partial charge in [-0.05, 0) is 50.5 Å². The number of anilines is 1. The van der Waals surface area contributed by atoms with Crippen molar-refractivity contribution in [1.29, 1.82) is 0 Å². The number of hydrogen-bond acceptors (Lipinski definition) is 6. The molecule has 0 aliphatic carbocycles. The van der Waals surface area contributed by atoms with Crippen LogP contribution >= 0.6 is 11.3 Å². The van der Waals surface area contributed by atoms with Crippen LogP contribution in [0.25, 0.3) is 10.2 Å². The van der Waals surface area contributed by atoms with E-state index in [-0.39, 0.29) is 43.6 Å². The molecule has 11 heteroatoms. The van der Waals surface area contributed by atoms with Crippen LogP contribution in [-0.4, -0.2) is 50.1 Å². The van der Waals surface area contributed by atoms with Crippen molar-refractivity contribution < 1.29 is 27.6 Å². The number of benzene rings is 2. The zero-order valence-electron chi connectivity index (χ0n) is 18.4. The molecule has 2 N–H and O–H groups in total. The summed E-state index contributed by atoms with van der Waals surface area (Å²) < 4.78 is 57.5. The molecule has 2 heterocycles. The highest BCUT2D eigenvalue weighted by Crippen LogP contribution is 2.32. The summed E-state index contributed by atoms with van der Waals surface area (Å²) in [5, 5.41) is 10.5. The minimum absolute atomic E-state index is 0.0565. The summed E-state index contributed by atoms with van der Waals surface area (Å²) in [5.41, 5.74) is 1.11. The number of piperidine rings is 1. The number of amides is 1. The van der Waals surface area contributed by atoms with E-state index in [9.17, 15) is 27.6 Å². The number of halogens is 3. The van der Waals surface area contributed by atoms with E-state index in [4.69, 9.17) is 0 Å². The lowest BCUT2D eigenvalue weighted by Crippen LogP contribution is -2.47. The van der Waals surface area contributed by atoms with Crippen molar-refractivity contribution in [3.63, 3.8) is 0 Å². The molecule has 1 atom stereocenters. The molecule has 1 unspecified atom stereocenters. The predicted octanol–water partition coefficient (Wildman–Crippen LogP) is 4.97.